The van der Waals surface area contributed by atoms with E-state index in [9.17, 15) is 14.4 Å². The number of amides is 1. The first kappa shape index (κ1) is 13.5. The molecule has 1 rings (SSSR count). The number of ether oxygens (including phenoxy) is 2. The van der Waals surface area contributed by atoms with Crippen molar-refractivity contribution in [2.45, 2.75) is 32.2 Å². The van der Waals surface area contributed by atoms with Crippen molar-refractivity contribution < 1.29 is 23.9 Å². The summed E-state index contributed by atoms with van der Waals surface area (Å²) in [7, 11) is 1.28. The number of likely N-dealkylation sites (tertiary alicyclic amines) is 1. The van der Waals surface area contributed by atoms with Crippen LogP contribution in [0, 0.1) is 0 Å². The lowest BCUT2D eigenvalue weighted by molar-refractivity contribution is -0.154. The SMILES string of the molecule is COC(=O)CCOC(=O)C1CCCN1C(C)=O. The molecule has 1 unspecified atom stereocenters. The average Bonchev–Trinajstić information content (AvgIpc) is 2.77. The summed E-state index contributed by atoms with van der Waals surface area (Å²) in [5.41, 5.74) is 0. The first-order valence-electron chi connectivity index (χ1n) is 5.57. The van der Waals surface area contributed by atoms with Gasteiger partial charge >= 0.3 is 11.9 Å². The van der Waals surface area contributed by atoms with Crippen molar-refractivity contribution in [1.29, 1.82) is 0 Å². The molecule has 1 aliphatic rings. The van der Waals surface area contributed by atoms with Gasteiger partial charge in [-0.05, 0) is 12.8 Å². The smallest absolute Gasteiger partial charge is 0.328 e. The van der Waals surface area contributed by atoms with Gasteiger partial charge in [-0.15, -0.1) is 0 Å². The van der Waals surface area contributed by atoms with Crippen LogP contribution in [0.4, 0.5) is 0 Å². The zero-order valence-electron chi connectivity index (χ0n) is 10.1. The summed E-state index contributed by atoms with van der Waals surface area (Å²) >= 11 is 0. The molecule has 96 valence electrons. The lowest BCUT2D eigenvalue weighted by Gasteiger charge is -2.21. The van der Waals surface area contributed by atoms with E-state index < -0.39 is 18.0 Å². The molecule has 1 fully saturated rings. The van der Waals surface area contributed by atoms with Crippen LogP contribution in [0.1, 0.15) is 26.2 Å². The molecule has 6 heteroatoms. The molecular weight excluding hydrogens is 226 g/mol. The largest absolute Gasteiger partial charge is 0.469 e. The summed E-state index contributed by atoms with van der Waals surface area (Å²) in [6.07, 6.45) is 1.46. The van der Waals surface area contributed by atoms with Crippen LogP contribution in [0.2, 0.25) is 0 Å². The maximum absolute atomic E-state index is 11.7. The van der Waals surface area contributed by atoms with Gasteiger partial charge in [-0.1, -0.05) is 0 Å². The van der Waals surface area contributed by atoms with Gasteiger partial charge in [-0.25, -0.2) is 4.79 Å². The van der Waals surface area contributed by atoms with Crippen molar-refractivity contribution in [3.8, 4) is 0 Å². The van der Waals surface area contributed by atoms with E-state index in [0.717, 1.165) is 6.42 Å². The molecule has 0 saturated carbocycles. The summed E-state index contributed by atoms with van der Waals surface area (Å²) in [4.78, 5) is 35.2. The third-order valence-corrected chi connectivity index (χ3v) is 2.71. The van der Waals surface area contributed by atoms with Crippen LogP contribution in [0.3, 0.4) is 0 Å². The molecule has 0 spiro atoms. The third-order valence-electron chi connectivity index (χ3n) is 2.71. The third kappa shape index (κ3) is 3.72. The Kier molecular flexibility index (Phi) is 4.93. The monoisotopic (exact) mass is 243 g/mol. The van der Waals surface area contributed by atoms with Crippen molar-refractivity contribution in [3.63, 3.8) is 0 Å². The molecule has 1 amide bonds. The maximum Gasteiger partial charge on any atom is 0.328 e. The summed E-state index contributed by atoms with van der Waals surface area (Å²) in [6, 6.07) is -0.495. The Morgan fingerprint density at radius 1 is 1.35 bits per heavy atom. The maximum atomic E-state index is 11.7. The minimum absolute atomic E-state index is 0.00620. The summed E-state index contributed by atoms with van der Waals surface area (Å²) in [5, 5.41) is 0. The normalized spacial score (nSPS) is 18.9. The first-order valence-corrected chi connectivity index (χ1v) is 5.57. The second-order valence-corrected chi connectivity index (χ2v) is 3.86. The molecule has 0 bridgehead atoms. The summed E-state index contributed by atoms with van der Waals surface area (Å²) in [6.45, 7) is 2.01. The topological polar surface area (TPSA) is 72.9 Å². The van der Waals surface area contributed by atoms with Crippen molar-refractivity contribution in [1.82, 2.24) is 4.90 Å². The fourth-order valence-electron chi connectivity index (χ4n) is 1.82. The molecule has 1 aliphatic heterocycles. The number of hydrogen-bond donors (Lipinski definition) is 0. The van der Waals surface area contributed by atoms with E-state index in [1.165, 1.54) is 18.9 Å². The van der Waals surface area contributed by atoms with Crippen molar-refractivity contribution in [2.24, 2.45) is 0 Å². The van der Waals surface area contributed by atoms with E-state index in [-0.39, 0.29) is 18.9 Å². The van der Waals surface area contributed by atoms with Crippen LogP contribution in [0.25, 0.3) is 0 Å². The Labute approximate surface area is 99.9 Å². The number of hydrogen-bond acceptors (Lipinski definition) is 5. The Balaban J connectivity index is 2.37. The van der Waals surface area contributed by atoms with Crippen LogP contribution < -0.4 is 0 Å². The molecule has 1 heterocycles. The number of methoxy groups -OCH3 is 1. The summed E-state index contributed by atoms with van der Waals surface area (Å²) in [5.74, 6) is -0.994. The minimum Gasteiger partial charge on any atom is -0.469 e. The molecule has 6 nitrogen and oxygen atoms in total. The van der Waals surface area contributed by atoms with Crippen molar-refractivity contribution >= 4 is 17.8 Å². The summed E-state index contributed by atoms with van der Waals surface area (Å²) < 4.78 is 9.37. The van der Waals surface area contributed by atoms with Crippen LogP contribution in [0.5, 0.6) is 0 Å². The molecule has 0 radical (unpaired) electrons. The highest BCUT2D eigenvalue weighted by Gasteiger charge is 2.33. The molecule has 0 aromatic heterocycles. The molecular formula is C11H17NO5. The van der Waals surface area contributed by atoms with E-state index in [2.05, 4.69) is 4.74 Å². The quantitative estimate of drug-likeness (QED) is 0.655. The number of rotatable bonds is 4. The van der Waals surface area contributed by atoms with Gasteiger partial charge in [0.05, 0.1) is 13.5 Å². The van der Waals surface area contributed by atoms with Gasteiger partial charge in [-0.3, -0.25) is 9.59 Å². The van der Waals surface area contributed by atoms with Gasteiger partial charge in [-0.2, -0.15) is 0 Å². The fourth-order valence-corrected chi connectivity index (χ4v) is 1.82. The molecule has 17 heavy (non-hydrogen) atoms. The number of carbonyl (C=O) groups is 3. The lowest BCUT2D eigenvalue weighted by atomic mass is 10.2. The standard InChI is InChI=1S/C11H17NO5/c1-8(13)12-6-3-4-9(12)11(15)17-7-5-10(14)16-2/h9H,3-7H2,1-2H3. The molecule has 0 aromatic carbocycles. The predicted octanol–water partition coefficient (Wildman–Crippen LogP) is 0.104. The van der Waals surface area contributed by atoms with Gasteiger partial charge < -0.3 is 14.4 Å². The molecule has 1 atom stereocenters. The Morgan fingerprint density at radius 2 is 2.06 bits per heavy atom. The average molecular weight is 243 g/mol. The van der Waals surface area contributed by atoms with Crippen molar-refractivity contribution in [2.75, 3.05) is 20.3 Å². The highest BCUT2D eigenvalue weighted by atomic mass is 16.5. The van der Waals surface area contributed by atoms with Crippen LogP contribution in [0.15, 0.2) is 0 Å². The second-order valence-electron chi connectivity index (χ2n) is 3.86. The zero-order valence-corrected chi connectivity index (χ0v) is 10.1. The van der Waals surface area contributed by atoms with Crippen LogP contribution >= 0.6 is 0 Å². The molecule has 0 aliphatic carbocycles. The van der Waals surface area contributed by atoms with E-state index in [1.54, 1.807) is 0 Å². The van der Waals surface area contributed by atoms with E-state index in [1.807, 2.05) is 0 Å². The number of nitrogens with zero attached hydrogens (tertiary/aromatic N) is 1. The molecule has 0 aromatic rings. The Hall–Kier alpha value is -1.59. The van der Waals surface area contributed by atoms with Crippen molar-refractivity contribution in [3.05, 3.63) is 0 Å². The van der Waals surface area contributed by atoms with Crippen LogP contribution in [-0.2, 0) is 23.9 Å². The van der Waals surface area contributed by atoms with Gasteiger partial charge in [0.1, 0.15) is 12.6 Å². The lowest BCUT2D eigenvalue weighted by Crippen LogP contribution is -2.40. The van der Waals surface area contributed by atoms with Gasteiger partial charge in [0.2, 0.25) is 5.91 Å². The fraction of sp³-hybridized carbons (Fsp3) is 0.727. The van der Waals surface area contributed by atoms with Gasteiger partial charge in [0, 0.05) is 13.5 Å². The highest BCUT2D eigenvalue weighted by molar-refractivity contribution is 5.84. The number of esters is 2. The second kappa shape index (κ2) is 6.22. The van der Waals surface area contributed by atoms with Crippen LogP contribution in [-0.4, -0.2) is 49.0 Å². The van der Waals surface area contributed by atoms with E-state index >= 15 is 0 Å². The Bertz CT molecular complexity index is 315. The van der Waals surface area contributed by atoms with Gasteiger partial charge in [0.15, 0.2) is 0 Å². The highest BCUT2D eigenvalue weighted by Crippen LogP contribution is 2.18. The number of carbonyl (C=O) groups excluding carboxylic acids is 3. The van der Waals surface area contributed by atoms with Gasteiger partial charge in [0.25, 0.3) is 0 Å². The van der Waals surface area contributed by atoms with E-state index in [0.29, 0.717) is 13.0 Å². The zero-order chi connectivity index (χ0) is 12.8. The Morgan fingerprint density at radius 3 is 2.65 bits per heavy atom. The molecule has 0 N–H and O–H groups in total. The first-order chi connectivity index (χ1) is 8.06. The predicted molar refractivity (Wildman–Crippen MR) is 58.0 cm³/mol. The molecule has 1 saturated heterocycles. The van der Waals surface area contributed by atoms with E-state index in [4.69, 9.17) is 4.74 Å². The minimum atomic E-state index is -0.495.